The zero-order chi connectivity index (χ0) is 22.4. The standard InChI is InChI=1S/C22H19F2NO5S/c1-29-22(26)21(25-31(27,28)20-11-9-18(24)10-12-20)16-3-2-4-19(13-16)30-14-15-5-7-17(23)8-6-15/h2-13,21,25H,14H2,1H3/t21-/m1/s1. The quantitative estimate of drug-likeness (QED) is 0.532. The summed E-state index contributed by atoms with van der Waals surface area (Å²) in [4.78, 5) is 12.1. The van der Waals surface area contributed by atoms with Crippen molar-refractivity contribution in [1.82, 2.24) is 4.72 Å². The van der Waals surface area contributed by atoms with Crippen molar-refractivity contribution in [2.24, 2.45) is 0 Å². The van der Waals surface area contributed by atoms with Crippen molar-refractivity contribution in [3.8, 4) is 5.75 Å². The average molecular weight is 447 g/mol. The summed E-state index contributed by atoms with van der Waals surface area (Å²) in [7, 11) is -3.01. The summed E-state index contributed by atoms with van der Waals surface area (Å²) in [6.07, 6.45) is 0. The van der Waals surface area contributed by atoms with Gasteiger partial charge in [0.1, 0.15) is 30.0 Å². The molecule has 1 N–H and O–H groups in total. The van der Waals surface area contributed by atoms with Crippen LogP contribution in [0, 0.1) is 11.6 Å². The molecule has 0 aliphatic carbocycles. The summed E-state index contributed by atoms with van der Waals surface area (Å²) < 4.78 is 64.2. The molecule has 0 aliphatic rings. The Hall–Kier alpha value is -3.30. The van der Waals surface area contributed by atoms with Gasteiger partial charge >= 0.3 is 5.97 Å². The van der Waals surface area contributed by atoms with Crippen LogP contribution in [0.1, 0.15) is 17.2 Å². The van der Waals surface area contributed by atoms with Gasteiger partial charge in [-0.2, -0.15) is 4.72 Å². The second kappa shape index (κ2) is 9.67. The molecule has 3 aromatic carbocycles. The first-order chi connectivity index (χ1) is 14.8. The molecule has 0 bridgehead atoms. The first-order valence-corrected chi connectivity index (χ1v) is 10.6. The van der Waals surface area contributed by atoms with Crippen molar-refractivity contribution < 1.29 is 31.5 Å². The van der Waals surface area contributed by atoms with Crippen LogP contribution >= 0.6 is 0 Å². The number of hydrogen-bond acceptors (Lipinski definition) is 5. The maximum absolute atomic E-state index is 13.1. The molecule has 0 amide bonds. The van der Waals surface area contributed by atoms with Crippen LogP contribution in [0.2, 0.25) is 0 Å². The Kier molecular flexibility index (Phi) is 6.98. The summed E-state index contributed by atoms with van der Waals surface area (Å²) >= 11 is 0. The highest BCUT2D eigenvalue weighted by molar-refractivity contribution is 7.89. The molecule has 1 atom stereocenters. The van der Waals surface area contributed by atoms with E-state index < -0.39 is 27.9 Å². The van der Waals surface area contributed by atoms with Crippen molar-refractivity contribution in [3.63, 3.8) is 0 Å². The number of methoxy groups -OCH3 is 1. The van der Waals surface area contributed by atoms with E-state index in [9.17, 15) is 22.0 Å². The normalized spacial score (nSPS) is 12.2. The van der Waals surface area contributed by atoms with E-state index in [1.807, 2.05) is 0 Å². The van der Waals surface area contributed by atoms with Gasteiger partial charge < -0.3 is 9.47 Å². The third-order valence-corrected chi connectivity index (χ3v) is 5.78. The molecule has 0 heterocycles. The topological polar surface area (TPSA) is 81.7 Å². The fourth-order valence-electron chi connectivity index (χ4n) is 2.74. The molecule has 0 saturated carbocycles. The highest BCUT2D eigenvalue weighted by Crippen LogP contribution is 2.24. The maximum Gasteiger partial charge on any atom is 0.328 e. The first-order valence-electron chi connectivity index (χ1n) is 9.11. The molecule has 0 aliphatic heterocycles. The van der Waals surface area contributed by atoms with E-state index in [1.165, 1.54) is 18.2 Å². The van der Waals surface area contributed by atoms with E-state index in [4.69, 9.17) is 9.47 Å². The van der Waals surface area contributed by atoms with Crippen LogP contribution in [0.4, 0.5) is 8.78 Å². The van der Waals surface area contributed by atoms with E-state index in [1.54, 1.807) is 30.3 Å². The van der Waals surface area contributed by atoms with Crippen molar-refractivity contribution in [3.05, 3.63) is 95.6 Å². The zero-order valence-electron chi connectivity index (χ0n) is 16.4. The Morgan fingerprint density at radius 3 is 2.19 bits per heavy atom. The number of nitrogens with one attached hydrogen (secondary N) is 1. The van der Waals surface area contributed by atoms with Gasteiger partial charge in [0.05, 0.1) is 12.0 Å². The number of rotatable bonds is 8. The molecule has 3 aromatic rings. The fourth-order valence-corrected chi connectivity index (χ4v) is 3.91. The molecule has 0 radical (unpaired) electrons. The van der Waals surface area contributed by atoms with Gasteiger partial charge in [-0.1, -0.05) is 24.3 Å². The molecule has 0 aromatic heterocycles. The molecule has 0 saturated heterocycles. The number of halogens is 2. The molecule has 162 valence electrons. The number of hydrogen-bond donors (Lipinski definition) is 1. The number of ether oxygens (including phenoxy) is 2. The number of carbonyl (C=O) groups excluding carboxylic acids is 1. The van der Waals surface area contributed by atoms with Crippen LogP contribution in [-0.2, 0) is 26.2 Å². The predicted molar refractivity (Wildman–Crippen MR) is 109 cm³/mol. The predicted octanol–water partition coefficient (Wildman–Crippen LogP) is 3.74. The molecule has 31 heavy (non-hydrogen) atoms. The van der Waals surface area contributed by atoms with E-state index in [-0.39, 0.29) is 22.9 Å². The van der Waals surface area contributed by atoms with E-state index in [0.717, 1.165) is 36.9 Å². The molecule has 0 unspecified atom stereocenters. The third-order valence-electron chi connectivity index (χ3n) is 4.34. The lowest BCUT2D eigenvalue weighted by Gasteiger charge is -2.18. The van der Waals surface area contributed by atoms with Gasteiger partial charge in [0, 0.05) is 0 Å². The SMILES string of the molecule is COC(=O)[C@H](NS(=O)(=O)c1ccc(F)cc1)c1cccc(OCc2ccc(F)cc2)c1. The van der Waals surface area contributed by atoms with Gasteiger partial charge in [0.2, 0.25) is 10.0 Å². The highest BCUT2D eigenvalue weighted by Gasteiger charge is 2.28. The minimum Gasteiger partial charge on any atom is -0.489 e. The van der Waals surface area contributed by atoms with Crippen LogP contribution in [0.15, 0.2) is 77.7 Å². The largest absolute Gasteiger partial charge is 0.489 e. The van der Waals surface area contributed by atoms with Gasteiger partial charge in [0.25, 0.3) is 0 Å². The Balaban J connectivity index is 1.82. The Labute approximate surface area is 178 Å². The molecule has 3 rings (SSSR count). The van der Waals surface area contributed by atoms with Crippen LogP contribution in [0.25, 0.3) is 0 Å². The monoisotopic (exact) mass is 447 g/mol. The van der Waals surface area contributed by atoms with E-state index in [2.05, 4.69) is 4.72 Å². The van der Waals surface area contributed by atoms with Crippen molar-refractivity contribution in [2.75, 3.05) is 7.11 Å². The summed E-state index contributed by atoms with van der Waals surface area (Å²) in [6, 6.07) is 14.9. The number of esters is 1. The lowest BCUT2D eigenvalue weighted by molar-refractivity contribution is -0.142. The van der Waals surface area contributed by atoms with Crippen molar-refractivity contribution >= 4 is 16.0 Å². The Morgan fingerprint density at radius 2 is 1.58 bits per heavy atom. The zero-order valence-corrected chi connectivity index (χ0v) is 17.2. The summed E-state index contributed by atoms with van der Waals surface area (Å²) in [5.74, 6) is -1.41. The molecule has 0 fully saturated rings. The summed E-state index contributed by atoms with van der Waals surface area (Å²) in [5.41, 5.74) is 1.02. The Morgan fingerprint density at radius 1 is 0.968 bits per heavy atom. The van der Waals surface area contributed by atoms with E-state index in [0.29, 0.717) is 5.75 Å². The highest BCUT2D eigenvalue weighted by atomic mass is 32.2. The van der Waals surface area contributed by atoms with Gasteiger partial charge in [-0.25, -0.2) is 22.0 Å². The van der Waals surface area contributed by atoms with Crippen LogP contribution in [0.5, 0.6) is 5.75 Å². The van der Waals surface area contributed by atoms with Gasteiger partial charge in [-0.3, -0.25) is 0 Å². The van der Waals surface area contributed by atoms with E-state index >= 15 is 0 Å². The minimum atomic E-state index is -4.15. The first kappa shape index (κ1) is 22.4. The van der Waals surface area contributed by atoms with Crippen molar-refractivity contribution in [2.45, 2.75) is 17.5 Å². The average Bonchev–Trinajstić information content (AvgIpc) is 2.77. The van der Waals surface area contributed by atoms with Gasteiger partial charge in [-0.05, 0) is 59.7 Å². The number of carbonyl (C=O) groups is 1. The minimum absolute atomic E-state index is 0.147. The fraction of sp³-hybridized carbons (Fsp3) is 0.136. The van der Waals surface area contributed by atoms with Crippen LogP contribution in [-0.4, -0.2) is 21.5 Å². The number of benzene rings is 3. The van der Waals surface area contributed by atoms with Crippen LogP contribution < -0.4 is 9.46 Å². The van der Waals surface area contributed by atoms with Crippen molar-refractivity contribution in [1.29, 1.82) is 0 Å². The van der Waals surface area contributed by atoms with Crippen LogP contribution in [0.3, 0.4) is 0 Å². The third kappa shape index (κ3) is 5.87. The second-order valence-corrected chi connectivity index (χ2v) is 8.23. The molecular formula is C22H19F2NO5S. The number of sulfonamides is 1. The lowest BCUT2D eigenvalue weighted by atomic mass is 10.1. The maximum atomic E-state index is 13.1. The molecule has 9 heteroatoms. The Bertz CT molecular complexity index is 1150. The van der Waals surface area contributed by atoms with Gasteiger partial charge in [0.15, 0.2) is 0 Å². The van der Waals surface area contributed by atoms with Gasteiger partial charge in [-0.15, -0.1) is 0 Å². The molecule has 6 nitrogen and oxygen atoms in total. The second-order valence-electron chi connectivity index (χ2n) is 6.52. The summed E-state index contributed by atoms with van der Waals surface area (Å²) in [5, 5.41) is 0. The summed E-state index contributed by atoms with van der Waals surface area (Å²) in [6.45, 7) is 0.147. The smallest absolute Gasteiger partial charge is 0.328 e. The lowest BCUT2D eigenvalue weighted by Crippen LogP contribution is -2.34. The molecular weight excluding hydrogens is 428 g/mol. The molecule has 0 spiro atoms.